The van der Waals surface area contributed by atoms with E-state index < -0.39 is 0 Å². The quantitative estimate of drug-likeness (QED) is 0.263. The molecule has 0 unspecified atom stereocenters. The first-order chi connectivity index (χ1) is 16.8. The fourth-order valence-electron chi connectivity index (χ4n) is 4.42. The molecule has 0 heterocycles. The zero-order valence-corrected chi connectivity index (χ0v) is 19.4. The number of rotatable bonds is 6. The van der Waals surface area contributed by atoms with E-state index in [9.17, 15) is 0 Å². The average Bonchev–Trinajstić information content (AvgIpc) is 2.93. The molecule has 0 fully saturated rings. The highest BCUT2D eigenvalue weighted by Gasteiger charge is 2.14. The fourth-order valence-corrected chi connectivity index (χ4v) is 4.42. The van der Waals surface area contributed by atoms with Gasteiger partial charge in [0, 0.05) is 11.1 Å². The van der Waals surface area contributed by atoms with Gasteiger partial charge in [0.05, 0.1) is 14.2 Å². The summed E-state index contributed by atoms with van der Waals surface area (Å²) in [5.74, 6) is 1.71. The number of ether oxygens (including phenoxy) is 2. The molecule has 2 nitrogen and oxygen atoms in total. The summed E-state index contributed by atoms with van der Waals surface area (Å²) in [6, 6.07) is 42.0. The van der Waals surface area contributed by atoms with Gasteiger partial charge in [-0.05, 0) is 57.6 Å². The van der Waals surface area contributed by atoms with Gasteiger partial charge in [-0.2, -0.15) is 0 Å². The zero-order chi connectivity index (χ0) is 23.3. The maximum atomic E-state index is 5.79. The van der Waals surface area contributed by atoms with Gasteiger partial charge in [-0.15, -0.1) is 0 Å². The van der Waals surface area contributed by atoms with Crippen LogP contribution < -0.4 is 9.47 Å². The largest absolute Gasteiger partial charge is 0.496 e. The van der Waals surface area contributed by atoms with E-state index in [2.05, 4.69) is 91.0 Å². The molecule has 0 amide bonds. The lowest BCUT2D eigenvalue weighted by Gasteiger charge is -2.16. The van der Waals surface area contributed by atoms with E-state index in [1.165, 1.54) is 11.1 Å². The van der Waals surface area contributed by atoms with Crippen LogP contribution in [0.1, 0.15) is 0 Å². The Morgan fingerprint density at radius 1 is 0.353 bits per heavy atom. The van der Waals surface area contributed by atoms with Crippen LogP contribution in [-0.2, 0) is 0 Å². The molecule has 0 saturated carbocycles. The number of benzene rings is 5. The standard InChI is InChI=1S/C32H26O2/c1-33-31-19-17-25(21-29(31)24-13-7-4-8-14-24)26-18-20-32(34-2)30(22-26)28-16-10-9-15-27(28)23-11-5-3-6-12-23/h3-22H,1-2H3. The Bertz CT molecular complexity index is 1410. The molecule has 34 heavy (non-hydrogen) atoms. The Balaban J connectivity index is 1.66. The summed E-state index contributed by atoms with van der Waals surface area (Å²) in [4.78, 5) is 0. The van der Waals surface area contributed by atoms with Crippen LogP contribution in [0.25, 0.3) is 44.5 Å². The van der Waals surface area contributed by atoms with Crippen LogP contribution in [0.15, 0.2) is 121 Å². The summed E-state index contributed by atoms with van der Waals surface area (Å²) >= 11 is 0. The van der Waals surface area contributed by atoms with Gasteiger partial charge in [0.1, 0.15) is 11.5 Å². The second-order valence-electron chi connectivity index (χ2n) is 8.11. The summed E-state index contributed by atoms with van der Waals surface area (Å²) in [5.41, 5.74) is 9.02. The van der Waals surface area contributed by atoms with Gasteiger partial charge in [-0.1, -0.05) is 97.1 Å². The molecular weight excluding hydrogens is 416 g/mol. The molecule has 0 radical (unpaired) electrons. The molecular formula is C32H26O2. The minimum absolute atomic E-state index is 0.851. The maximum Gasteiger partial charge on any atom is 0.126 e. The van der Waals surface area contributed by atoms with E-state index in [-0.39, 0.29) is 0 Å². The molecule has 0 bridgehead atoms. The van der Waals surface area contributed by atoms with E-state index in [0.29, 0.717) is 0 Å². The number of hydrogen-bond donors (Lipinski definition) is 0. The van der Waals surface area contributed by atoms with Crippen LogP contribution in [0.4, 0.5) is 0 Å². The first-order valence-electron chi connectivity index (χ1n) is 11.3. The van der Waals surface area contributed by atoms with Crippen LogP contribution >= 0.6 is 0 Å². The number of methoxy groups -OCH3 is 2. The molecule has 0 aromatic heterocycles. The van der Waals surface area contributed by atoms with Gasteiger partial charge in [0.2, 0.25) is 0 Å². The van der Waals surface area contributed by atoms with Crippen molar-refractivity contribution in [3.63, 3.8) is 0 Å². The van der Waals surface area contributed by atoms with E-state index >= 15 is 0 Å². The van der Waals surface area contributed by atoms with E-state index in [1.807, 2.05) is 30.3 Å². The second kappa shape index (κ2) is 9.68. The van der Waals surface area contributed by atoms with Crippen LogP contribution in [-0.4, -0.2) is 14.2 Å². The van der Waals surface area contributed by atoms with Crippen molar-refractivity contribution >= 4 is 0 Å². The van der Waals surface area contributed by atoms with Crippen LogP contribution in [0.2, 0.25) is 0 Å². The van der Waals surface area contributed by atoms with Gasteiger partial charge in [0.25, 0.3) is 0 Å². The molecule has 0 aliphatic carbocycles. The minimum atomic E-state index is 0.851. The van der Waals surface area contributed by atoms with Crippen LogP contribution in [0.5, 0.6) is 11.5 Å². The van der Waals surface area contributed by atoms with Gasteiger partial charge >= 0.3 is 0 Å². The van der Waals surface area contributed by atoms with Crippen molar-refractivity contribution in [2.75, 3.05) is 14.2 Å². The van der Waals surface area contributed by atoms with Gasteiger partial charge in [0.15, 0.2) is 0 Å². The van der Waals surface area contributed by atoms with Crippen molar-refractivity contribution in [1.29, 1.82) is 0 Å². The summed E-state index contributed by atoms with van der Waals surface area (Å²) in [6.07, 6.45) is 0. The molecule has 0 aliphatic rings. The smallest absolute Gasteiger partial charge is 0.126 e. The molecule has 5 aromatic rings. The van der Waals surface area contributed by atoms with Gasteiger partial charge in [-0.3, -0.25) is 0 Å². The molecule has 0 N–H and O–H groups in total. The normalized spacial score (nSPS) is 10.6. The van der Waals surface area contributed by atoms with Crippen molar-refractivity contribution in [3.05, 3.63) is 121 Å². The molecule has 166 valence electrons. The van der Waals surface area contributed by atoms with E-state index in [0.717, 1.165) is 44.9 Å². The monoisotopic (exact) mass is 442 g/mol. The van der Waals surface area contributed by atoms with Crippen molar-refractivity contribution in [2.45, 2.75) is 0 Å². The first kappa shape index (κ1) is 21.5. The number of hydrogen-bond acceptors (Lipinski definition) is 2. The SMILES string of the molecule is COc1ccc(-c2ccc(OC)c(-c3ccccc3-c3ccccc3)c2)cc1-c1ccccc1. The highest BCUT2D eigenvalue weighted by atomic mass is 16.5. The lowest BCUT2D eigenvalue weighted by atomic mass is 9.91. The third-order valence-corrected chi connectivity index (χ3v) is 6.12. The maximum absolute atomic E-state index is 5.79. The second-order valence-corrected chi connectivity index (χ2v) is 8.11. The first-order valence-corrected chi connectivity index (χ1v) is 11.3. The Kier molecular flexibility index (Phi) is 6.13. The van der Waals surface area contributed by atoms with Gasteiger partial charge < -0.3 is 9.47 Å². The average molecular weight is 443 g/mol. The highest BCUT2D eigenvalue weighted by molar-refractivity contribution is 5.89. The predicted octanol–water partition coefficient (Wildman–Crippen LogP) is 8.37. The molecule has 0 aliphatic heterocycles. The third kappa shape index (κ3) is 4.18. The molecule has 5 rings (SSSR count). The Labute approximate surface area is 201 Å². The summed E-state index contributed by atoms with van der Waals surface area (Å²) in [5, 5.41) is 0. The van der Waals surface area contributed by atoms with Gasteiger partial charge in [-0.25, -0.2) is 0 Å². The highest BCUT2D eigenvalue weighted by Crippen LogP contribution is 2.41. The van der Waals surface area contributed by atoms with Crippen molar-refractivity contribution < 1.29 is 9.47 Å². The summed E-state index contributed by atoms with van der Waals surface area (Å²) in [6.45, 7) is 0. The van der Waals surface area contributed by atoms with Crippen LogP contribution in [0, 0.1) is 0 Å². The molecule has 0 spiro atoms. The van der Waals surface area contributed by atoms with E-state index in [1.54, 1.807) is 14.2 Å². The Morgan fingerprint density at radius 2 is 0.794 bits per heavy atom. The Hall–Kier alpha value is -4.30. The fraction of sp³-hybridized carbons (Fsp3) is 0.0625. The molecule has 2 heteroatoms. The Morgan fingerprint density at radius 3 is 1.35 bits per heavy atom. The lowest BCUT2D eigenvalue weighted by molar-refractivity contribution is 0.416. The minimum Gasteiger partial charge on any atom is -0.496 e. The molecule has 0 saturated heterocycles. The molecule has 5 aromatic carbocycles. The zero-order valence-electron chi connectivity index (χ0n) is 19.4. The predicted molar refractivity (Wildman–Crippen MR) is 141 cm³/mol. The lowest BCUT2D eigenvalue weighted by Crippen LogP contribution is -1.93. The van der Waals surface area contributed by atoms with Crippen molar-refractivity contribution in [2.24, 2.45) is 0 Å². The van der Waals surface area contributed by atoms with Crippen LogP contribution in [0.3, 0.4) is 0 Å². The third-order valence-electron chi connectivity index (χ3n) is 6.12. The van der Waals surface area contributed by atoms with Crippen molar-refractivity contribution in [3.8, 4) is 56.0 Å². The molecule has 0 atom stereocenters. The topological polar surface area (TPSA) is 18.5 Å². The summed E-state index contributed by atoms with van der Waals surface area (Å²) in [7, 11) is 3.44. The summed E-state index contributed by atoms with van der Waals surface area (Å²) < 4.78 is 11.5. The van der Waals surface area contributed by atoms with Crippen molar-refractivity contribution in [1.82, 2.24) is 0 Å². The van der Waals surface area contributed by atoms with E-state index in [4.69, 9.17) is 9.47 Å².